The number of hydrogen-bond acceptors (Lipinski definition) is 1. The Bertz CT molecular complexity index is 1080. The van der Waals surface area contributed by atoms with E-state index >= 15 is 0 Å². The summed E-state index contributed by atoms with van der Waals surface area (Å²) in [6.45, 7) is -1.46. The topological polar surface area (TPSA) is 17.1 Å². The van der Waals surface area contributed by atoms with E-state index in [1.165, 1.54) is 0 Å². The van der Waals surface area contributed by atoms with Crippen molar-refractivity contribution in [2.45, 2.75) is 54.1 Å². The van der Waals surface area contributed by atoms with Gasteiger partial charge in [0, 0.05) is 0 Å². The molecule has 0 N–H and O–H groups in total. The molecule has 0 radical (unpaired) electrons. The van der Waals surface area contributed by atoms with Gasteiger partial charge < -0.3 is 0 Å². The normalized spacial score (nSPS) is 130. The SMILES string of the molecule is C#C[C]12[CH]3[CH]4[CH]5[CH]1[Fe]45321678[CH]2[CH]1[CH]6[C]7(C(C)=O)[CH]28. The molecule has 82 valence electrons. The first-order chi connectivity index (χ1) is 7.44. The van der Waals surface area contributed by atoms with Crippen molar-refractivity contribution in [3.63, 3.8) is 0 Å². The summed E-state index contributed by atoms with van der Waals surface area (Å²) in [5, 5.41) is 0. The van der Waals surface area contributed by atoms with Gasteiger partial charge in [-0.2, -0.15) is 0 Å². The first-order valence-corrected chi connectivity index (χ1v) is 12.8. The molecule has 8 unspecified atom stereocenters. The molecule has 10 fully saturated rings. The Morgan fingerprint density at radius 1 is 1.12 bits per heavy atom. The van der Waals surface area contributed by atoms with E-state index in [1.807, 2.05) is 6.92 Å². The van der Waals surface area contributed by atoms with E-state index in [1.54, 1.807) is 0 Å². The van der Waals surface area contributed by atoms with Crippen LogP contribution in [0.1, 0.15) is 6.92 Å². The number of hydrogen-bond donors (Lipinski definition) is 0. The van der Waals surface area contributed by atoms with Crippen LogP contribution in [-0.4, -0.2) is 5.78 Å². The fourth-order valence-electron chi connectivity index (χ4n) is 17.9. The van der Waals surface area contributed by atoms with Crippen LogP contribution in [0, 0.1) is 12.3 Å². The molecule has 0 aromatic heterocycles. The van der Waals surface area contributed by atoms with Gasteiger partial charge in [0.25, 0.3) is 0 Å². The molecular formula is C14H12FeO. The second-order valence-corrected chi connectivity index (χ2v) is 33.7. The van der Waals surface area contributed by atoms with Gasteiger partial charge in [0.1, 0.15) is 0 Å². The average Bonchev–Trinajstić information content (AvgIpc) is 3.22. The molecule has 1 nitrogen and oxygen atoms in total. The zero-order chi connectivity index (χ0) is 10.2. The van der Waals surface area contributed by atoms with E-state index in [9.17, 15) is 4.79 Å². The standard InChI is InChI=1S/C7H7O.C7H5.Fe/c1-6(8)7-4-2-3-5-7;1-2-7-5-3-4-6-7;/h2-5H,1H3;1,3-6H;. The van der Waals surface area contributed by atoms with Crippen molar-refractivity contribution in [1.29, 1.82) is 0 Å². The Hall–Kier alpha value is -0.251. The van der Waals surface area contributed by atoms with Crippen molar-refractivity contribution in [3.05, 3.63) is 0 Å². The van der Waals surface area contributed by atoms with Crippen LogP contribution in [0.4, 0.5) is 0 Å². The molecule has 0 bridgehead atoms. The van der Waals surface area contributed by atoms with Crippen LogP contribution in [0.2, 0.25) is 47.2 Å². The van der Waals surface area contributed by atoms with E-state index in [0.717, 1.165) is 38.5 Å². The summed E-state index contributed by atoms with van der Waals surface area (Å²) in [5.74, 6) is 4.01. The van der Waals surface area contributed by atoms with Gasteiger partial charge in [0.05, 0.1) is 0 Å². The van der Waals surface area contributed by atoms with E-state index in [-0.39, 0.29) is 0 Å². The molecular weight excluding hydrogens is 240 g/mol. The first-order valence-electron chi connectivity index (χ1n) is 6.63. The maximum atomic E-state index is 12.4. The third-order valence-corrected chi connectivity index (χ3v) is 58.3. The Labute approximate surface area is 83.6 Å². The molecule has 10 aliphatic rings. The molecule has 16 heavy (non-hydrogen) atoms. The number of terminal acetylenes is 1. The summed E-state index contributed by atoms with van der Waals surface area (Å²) in [6, 6.07) is 0. The van der Waals surface area contributed by atoms with E-state index in [4.69, 9.17) is 6.42 Å². The molecule has 10 rings (SSSR count). The van der Waals surface area contributed by atoms with Gasteiger partial charge in [-0.05, 0) is 0 Å². The van der Waals surface area contributed by atoms with Gasteiger partial charge in [-0.25, -0.2) is 0 Å². The fraction of sp³-hybridized carbons (Fsp3) is 0.786. The van der Waals surface area contributed by atoms with E-state index < -0.39 is 6.51 Å². The molecule has 0 aliphatic carbocycles. The van der Waals surface area contributed by atoms with Gasteiger partial charge in [-0.3, -0.25) is 0 Å². The Morgan fingerprint density at radius 3 is 1.81 bits per heavy atom. The van der Waals surface area contributed by atoms with Crippen molar-refractivity contribution in [2.75, 3.05) is 0 Å². The van der Waals surface area contributed by atoms with Gasteiger partial charge in [-0.1, -0.05) is 0 Å². The minimum atomic E-state index is -3.39. The maximum absolute atomic E-state index is 12.4. The molecule has 0 aromatic carbocycles. The van der Waals surface area contributed by atoms with Gasteiger partial charge in [0.15, 0.2) is 0 Å². The van der Waals surface area contributed by atoms with Crippen LogP contribution in [0.3, 0.4) is 0 Å². The summed E-state index contributed by atoms with van der Waals surface area (Å²) < 4.78 is 0.862. The van der Waals surface area contributed by atoms with Crippen molar-refractivity contribution in [2.24, 2.45) is 0 Å². The van der Waals surface area contributed by atoms with Crippen LogP contribution in [0.15, 0.2) is 0 Å². The number of rotatable bonds is 1. The first kappa shape index (κ1) is 5.59. The Morgan fingerprint density at radius 2 is 1.62 bits per heavy atom. The van der Waals surface area contributed by atoms with Crippen LogP contribution in [0.5, 0.6) is 0 Å². The minimum absolute atomic E-state index is 0.376. The zero-order valence-corrected chi connectivity index (χ0v) is 10.1. The summed E-state index contributed by atoms with van der Waals surface area (Å²) in [7, 11) is 0. The van der Waals surface area contributed by atoms with Crippen molar-refractivity contribution in [3.8, 4) is 12.3 Å². The van der Waals surface area contributed by atoms with Crippen LogP contribution in [0.25, 0.3) is 0 Å². The molecule has 0 amide bonds. The zero-order valence-electron chi connectivity index (χ0n) is 8.96. The Balaban J connectivity index is 1.87. The molecule has 10 saturated heterocycles. The molecule has 1 spiro atoms. The molecule has 10 aliphatic heterocycles. The fourth-order valence-corrected chi connectivity index (χ4v) is 93.3. The Kier molecular flexibility index (Phi) is 0.136. The second kappa shape index (κ2) is 0.388. The third-order valence-electron chi connectivity index (χ3n) is 15.6. The quantitative estimate of drug-likeness (QED) is 0.516. The van der Waals surface area contributed by atoms with Crippen LogP contribution < -0.4 is 0 Å². The molecule has 2 heteroatoms. The third kappa shape index (κ3) is 0.0406. The van der Waals surface area contributed by atoms with Crippen LogP contribution in [-0.2, 0) is 11.3 Å². The summed E-state index contributed by atoms with van der Waals surface area (Å²) in [5.41, 5.74) is 0. The summed E-state index contributed by atoms with van der Waals surface area (Å²) >= 11 is 0. The average molecular weight is 252 g/mol. The number of carbonyl (C=O) groups is 1. The summed E-state index contributed by atoms with van der Waals surface area (Å²) in [6.07, 6.45) is 6.04. The van der Waals surface area contributed by atoms with E-state index in [2.05, 4.69) is 5.92 Å². The predicted molar refractivity (Wildman–Crippen MR) is 54.9 cm³/mol. The van der Waals surface area contributed by atoms with Crippen molar-refractivity contribution < 1.29 is 11.3 Å². The van der Waals surface area contributed by atoms with Gasteiger partial charge in [-0.15, -0.1) is 0 Å². The number of fused-ring (bicyclic) bond motifs is 10. The number of carbonyl (C=O) groups excluding carboxylic acids is 1. The van der Waals surface area contributed by atoms with E-state index in [0.29, 0.717) is 14.4 Å². The summed E-state index contributed by atoms with van der Waals surface area (Å²) in [4.78, 5) is 21.2. The van der Waals surface area contributed by atoms with Crippen LogP contribution >= 0.6 is 0 Å². The van der Waals surface area contributed by atoms with Gasteiger partial charge in [0.2, 0.25) is 0 Å². The molecule has 0 aromatic rings. The molecule has 0 saturated carbocycles. The molecule has 10 heterocycles. The van der Waals surface area contributed by atoms with Crippen molar-refractivity contribution in [1.82, 2.24) is 0 Å². The monoisotopic (exact) mass is 252 g/mol. The molecule has 8 atom stereocenters. The van der Waals surface area contributed by atoms with Crippen molar-refractivity contribution >= 4 is 5.78 Å². The second-order valence-electron chi connectivity index (χ2n) is 10.5. The number of Topliss-reactive ketones (excluding diaryl/α,β-unsaturated/α-hetero) is 1. The number of ketones is 1. The predicted octanol–water partition coefficient (Wildman–Crippen LogP) is 3.34. The van der Waals surface area contributed by atoms with Gasteiger partial charge >= 0.3 is 83.5 Å².